The zero-order valence-corrected chi connectivity index (χ0v) is 2.82. The monoisotopic (exact) mass is 92.0 g/mol. The second kappa shape index (κ2) is 1.40. The Kier molecular flexibility index (Phi) is 1.15. The minimum atomic E-state index is -1.46. The van der Waals surface area contributed by atoms with Gasteiger partial charge in [-0.05, 0) is 0 Å². The van der Waals surface area contributed by atoms with E-state index in [0.29, 0.717) is 0 Å². The molecule has 0 atom stereocenters. The van der Waals surface area contributed by atoms with E-state index in [1.165, 1.54) is 0 Å². The van der Waals surface area contributed by atoms with Crippen molar-refractivity contribution < 1.29 is 19.8 Å². The Balaban J connectivity index is 3.57. The van der Waals surface area contributed by atoms with Crippen LogP contribution in [0.3, 0.4) is 0 Å². The van der Waals surface area contributed by atoms with Crippen molar-refractivity contribution in [3.63, 3.8) is 0 Å². The maximum atomic E-state index is 9.27. The fourth-order valence-electron chi connectivity index (χ4n) is 0. The van der Waals surface area contributed by atoms with Gasteiger partial charge < -0.3 is 10.2 Å². The summed E-state index contributed by atoms with van der Waals surface area (Å²) >= 11 is 0. The first kappa shape index (κ1) is 4.94. The summed E-state index contributed by atoms with van der Waals surface area (Å²) in [6, 6.07) is 0. The molecule has 0 fully saturated rings. The molecule has 0 aromatic carbocycles. The van der Waals surface area contributed by atoms with E-state index in [2.05, 4.69) is 0 Å². The molecule has 0 amide bonds. The van der Waals surface area contributed by atoms with E-state index in [0.717, 1.165) is 0 Å². The topological polar surface area (TPSA) is 79.9 Å². The third kappa shape index (κ3) is 1.28. The highest BCUT2D eigenvalue weighted by Gasteiger charge is 2.27. The van der Waals surface area contributed by atoms with Crippen LogP contribution in [-0.4, -0.2) is 22.2 Å². The van der Waals surface area contributed by atoms with Crippen LogP contribution in [0, 0.1) is 0 Å². The number of hydrogen-bond acceptors (Lipinski definition) is 2. The molecule has 0 aliphatic heterocycles. The Labute approximate surface area is 33.0 Å². The van der Waals surface area contributed by atoms with Gasteiger partial charge in [-0.1, -0.05) is 0 Å². The first-order valence-electron chi connectivity index (χ1n) is 1.16. The SMILES string of the molecule is O=C([OH2+])C(=O)[OH2+]. The first-order valence-corrected chi connectivity index (χ1v) is 1.16. The highest BCUT2D eigenvalue weighted by Crippen LogP contribution is 1.56. The molecule has 4 N–H and O–H groups in total. The van der Waals surface area contributed by atoms with Crippen molar-refractivity contribution in [3.05, 3.63) is 0 Å². The van der Waals surface area contributed by atoms with Gasteiger partial charge in [0.1, 0.15) is 0 Å². The van der Waals surface area contributed by atoms with E-state index in [4.69, 9.17) is 10.2 Å². The van der Waals surface area contributed by atoms with Crippen molar-refractivity contribution in [1.29, 1.82) is 0 Å². The molecule has 0 aliphatic carbocycles. The summed E-state index contributed by atoms with van der Waals surface area (Å²) < 4.78 is 0. The van der Waals surface area contributed by atoms with Crippen LogP contribution < -0.4 is 0 Å². The molecule has 0 unspecified atom stereocenters. The highest BCUT2D eigenvalue weighted by atomic mass is 16.4. The van der Waals surface area contributed by atoms with Gasteiger partial charge in [0.2, 0.25) is 0 Å². The predicted molar refractivity (Wildman–Crippen MR) is 17.2 cm³/mol. The van der Waals surface area contributed by atoms with Crippen LogP contribution in [0.15, 0.2) is 0 Å². The van der Waals surface area contributed by atoms with Crippen LogP contribution in [0.5, 0.6) is 0 Å². The van der Waals surface area contributed by atoms with Crippen molar-refractivity contribution >= 4 is 11.9 Å². The van der Waals surface area contributed by atoms with Crippen LogP contribution >= 0.6 is 0 Å². The third-order valence-electron chi connectivity index (χ3n) is 0.206. The number of carbonyl (C=O) groups is 2. The summed E-state index contributed by atoms with van der Waals surface area (Å²) in [5, 5.41) is 11.7. The quantitative estimate of drug-likeness (QED) is 0.244. The van der Waals surface area contributed by atoms with Crippen LogP contribution in [0.2, 0.25) is 0 Å². The van der Waals surface area contributed by atoms with Gasteiger partial charge in [-0.3, -0.25) is 0 Å². The Hall–Kier alpha value is -1.06. The zero-order valence-electron chi connectivity index (χ0n) is 2.82. The second-order valence-corrected chi connectivity index (χ2v) is 0.658. The van der Waals surface area contributed by atoms with Crippen LogP contribution in [0.25, 0.3) is 0 Å². The molecule has 0 aliphatic rings. The van der Waals surface area contributed by atoms with Gasteiger partial charge in [0.05, 0.1) is 9.59 Å². The highest BCUT2D eigenvalue weighted by molar-refractivity contribution is 6.27. The molecule has 34 valence electrons. The molecule has 0 rings (SSSR count). The molecule has 0 aromatic rings. The molecule has 4 heteroatoms. The minimum absolute atomic E-state index is 1.46. The smallest absolute Gasteiger partial charge is 0.551 e. The van der Waals surface area contributed by atoms with Crippen LogP contribution in [0.1, 0.15) is 0 Å². The van der Waals surface area contributed by atoms with Gasteiger partial charge >= 0.3 is 11.9 Å². The van der Waals surface area contributed by atoms with E-state index in [1.54, 1.807) is 0 Å². The van der Waals surface area contributed by atoms with Crippen molar-refractivity contribution in [3.8, 4) is 0 Å². The molecule has 0 aromatic heterocycles. The Morgan fingerprint density at radius 2 is 1.17 bits per heavy atom. The normalized spacial score (nSPS) is 7.33. The first-order chi connectivity index (χ1) is 2.64. The summed E-state index contributed by atoms with van der Waals surface area (Å²) in [6.07, 6.45) is 0. The molecule has 4 nitrogen and oxygen atoms in total. The lowest BCUT2D eigenvalue weighted by Gasteiger charge is -1.58. The van der Waals surface area contributed by atoms with Crippen molar-refractivity contribution in [2.75, 3.05) is 0 Å². The Morgan fingerprint density at radius 1 is 1.00 bits per heavy atom. The average Bonchev–Trinajstić information content (AvgIpc) is 1.36. The Morgan fingerprint density at radius 3 is 1.17 bits per heavy atom. The van der Waals surface area contributed by atoms with Gasteiger partial charge in [0.25, 0.3) is 0 Å². The molecular formula is C2H4O4+2. The second-order valence-electron chi connectivity index (χ2n) is 0.658. The molecular weight excluding hydrogens is 88.0 g/mol. The molecule has 0 saturated heterocycles. The van der Waals surface area contributed by atoms with Crippen LogP contribution in [-0.2, 0) is 9.59 Å². The fraction of sp³-hybridized carbons (Fsp3) is 0. The van der Waals surface area contributed by atoms with Gasteiger partial charge in [0, 0.05) is 0 Å². The number of hydrogen-bond donors (Lipinski definition) is 0. The molecule has 6 heavy (non-hydrogen) atoms. The predicted octanol–water partition coefficient (Wildman–Crippen LogP) is -2.51. The number of rotatable bonds is 0. The fourth-order valence-corrected chi connectivity index (χ4v) is 0. The van der Waals surface area contributed by atoms with Gasteiger partial charge in [-0.15, -0.1) is 0 Å². The van der Waals surface area contributed by atoms with E-state index >= 15 is 0 Å². The maximum Gasteiger partial charge on any atom is 0.691 e. The van der Waals surface area contributed by atoms with Crippen molar-refractivity contribution in [2.24, 2.45) is 0 Å². The minimum Gasteiger partial charge on any atom is -0.551 e. The van der Waals surface area contributed by atoms with E-state index in [1.807, 2.05) is 0 Å². The molecule has 0 spiro atoms. The van der Waals surface area contributed by atoms with Crippen LogP contribution in [0.4, 0.5) is 0 Å². The third-order valence-corrected chi connectivity index (χ3v) is 0.206. The lowest BCUT2D eigenvalue weighted by atomic mass is 10.7. The summed E-state index contributed by atoms with van der Waals surface area (Å²) in [7, 11) is 0. The van der Waals surface area contributed by atoms with Gasteiger partial charge in [0.15, 0.2) is 0 Å². The summed E-state index contributed by atoms with van der Waals surface area (Å²) in [5.74, 6) is -2.93. The van der Waals surface area contributed by atoms with Gasteiger partial charge in [-0.25, -0.2) is 0 Å². The molecule has 0 saturated carbocycles. The molecule has 0 bridgehead atoms. The zero-order chi connectivity index (χ0) is 5.15. The summed E-state index contributed by atoms with van der Waals surface area (Å²) in [6.45, 7) is 0. The van der Waals surface area contributed by atoms with Gasteiger partial charge in [-0.2, -0.15) is 0 Å². The van der Waals surface area contributed by atoms with E-state index in [9.17, 15) is 9.59 Å². The van der Waals surface area contributed by atoms with Crippen molar-refractivity contribution in [1.82, 2.24) is 0 Å². The van der Waals surface area contributed by atoms with Crippen molar-refractivity contribution in [2.45, 2.75) is 0 Å². The van der Waals surface area contributed by atoms with E-state index < -0.39 is 11.9 Å². The molecule has 0 heterocycles. The molecule has 0 radical (unpaired) electrons. The summed E-state index contributed by atoms with van der Waals surface area (Å²) in [5.41, 5.74) is 0. The lowest BCUT2D eigenvalue weighted by Crippen LogP contribution is -2.09. The lowest BCUT2D eigenvalue weighted by molar-refractivity contribution is -0.159. The maximum absolute atomic E-state index is 9.27. The summed E-state index contributed by atoms with van der Waals surface area (Å²) in [4.78, 5) is 18.5. The van der Waals surface area contributed by atoms with E-state index in [-0.39, 0.29) is 0 Å². The standard InChI is InChI=1S/C2H2O4/c3-1(4)2(5)6/h(H,3,4)(H,5,6)/p+2. The average molecular weight is 92.0 g/mol. The largest absolute Gasteiger partial charge is 0.691 e. The Bertz CT molecular complexity index is 71.5. The number of carbonyl (C=O) groups excluding carboxylic acids is 2.